The Hall–Kier alpha value is -2.96. The first-order valence-corrected chi connectivity index (χ1v) is 7.70. The fraction of sp³-hybridized carbons (Fsp3) is 0.294. The summed E-state index contributed by atoms with van der Waals surface area (Å²) in [5.41, 5.74) is 0.303. The van der Waals surface area contributed by atoms with E-state index in [-0.39, 0.29) is 24.2 Å². The number of hydrogen-bond donors (Lipinski definition) is 1. The average molecular weight is 329 g/mol. The maximum atomic E-state index is 12.3. The molecule has 1 atom stereocenters. The molecule has 0 fully saturated rings. The van der Waals surface area contributed by atoms with Crippen LogP contribution < -0.4 is 10.9 Å². The molecule has 1 aromatic heterocycles. The van der Waals surface area contributed by atoms with Crippen LogP contribution in [0.25, 0.3) is 0 Å². The first-order chi connectivity index (χ1) is 11.5. The molecule has 0 saturated carbocycles. The van der Waals surface area contributed by atoms with Crippen LogP contribution in [0.3, 0.4) is 0 Å². The average Bonchev–Trinajstić information content (AvgIpc) is 2.57. The summed E-state index contributed by atoms with van der Waals surface area (Å²) in [4.78, 5) is 34.2. The Morgan fingerprint density at radius 1 is 1.25 bits per heavy atom. The maximum absolute atomic E-state index is 12.3. The van der Waals surface area contributed by atoms with E-state index in [2.05, 4.69) is 5.32 Å². The van der Waals surface area contributed by atoms with Crippen molar-refractivity contribution in [2.24, 2.45) is 0 Å². The lowest BCUT2D eigenvalue weighted by molar-refractivity contribution is -0.385. The van der Waals surface area contributed by atoms with Gasteiger partial charge in [-0.2, -0.15) is 0 Å². The first kappa shape index (κ1) is 17.4. The van der Waals surface area contributed by atoms with Gasteiger partial charge in [0.1, 0.15) is 6.54 Å². The van der Waals surface area contributed by atoms with Crippen LogP contribution in [0, 0.1) is 10.1 Å². The highest BCUT2D eigenvalue weighted by Crippen LogP contribution is 2.18. The molecule has 7 heteroatoms. The van der Waals surface area contributed by atoms with E-state index in [1.165, 1.54) is 0 Å². The number of rotatable bonds is 7. The van der Waals surface area contributed by atoms with Crippen molar-refractivity contribution in [3.05, 3.63) is 74.7 Å². The zero-order chi connectivity index (χ0) is 17.5. The second-order valence-corrected chi connectivity index (χ2v) is 5.43. The zero-order valence-corrected chi connectivity index (χ0v) is 13.3. The highest BCUT2D eigenvalue weighted by Gasteiger charge is 2.15. The largest absolute Gasteiger partial charge is 0.348 e. The summed E-state index contributed by atoms with van der Waals surface area (Å²) in [7, 11) is 0. The van der Waals surface area contributed by atoms with Gasteiger partial charge in [0, 0.05) is 12.1 Å². The topological polar surface area (TPSA) is 94.2 Å². The van der Waals surface area contributed by atoms with Crippen LogP contribution in [0.15, 0.2) is 53.5 Å². The number of carbonyl (C=O) groups is 1. The summed E-state index contributed by atoms with van der Waals surface area (Å²) in [6.45, 7) is 1.76. The van der Waals surface area contributed by atoms with Crippen molar-refractivity contribution in [1.82, 2.24) is 9.88 Å². The molecule has 1 amide bonds. The van der Waals surface area contributed by atoms with E-state index in [4.69, 9.17) is 0 Å². The quantitative estimate of drug-likeness (QED) is 0.623. The molecule has 0 unspecified atom stereocenters. The third kappa shape index (κ3) is 4.52. The van der Waals surface area contributed by atoms with E-state index < -0.39 is 10.5 Å². The van der Waals surface area contributed by atoms with E-state index in [1.54, 1.807) is 0 Å². The van der Waals surface area contributed by atoms with Crippen molar-refractivity contribution in [1.29, 1.82) is 0 Å². The Kier molecular flexibility index (Phi) is 5.83. The highest BCUT2D eigenvalue weighted by molar-refractivity contribution is 5.76. The molecule has 0 radical (unpaired) electrons. The molecule has 0 aliphatic heterocycles. The van der Waals surface area contributed by atoms with E-state index >= 15 is 0 Å². The number of nitrogens with zero attached hydrogens (tertiary/aromatic N) is 2. The molecular weight excluding hydrogens is 310 g/mol. The summed E-state index contributed by atoms with van der Waals surface area (Å²) in [5, 5.41) is 13.7. The summed E-state index contributed by atoms with van der Waals surface area (Å²) in [5.74, 6) is -0.361. The van der Waals surface area contributed by atoms with Gasteiger partial charge in [-0.15, -0.1) is 0 Å². The lowest BCUT2D eigenvalue weighted by atomic mass is 10.0. The van der Waals surface area contributed by atoms with Crippen molar-refractivity contribution in [3.63, 3.8) is 0 Å². The molecule has 24 heavy (non-hydrogen) atoms. The second-order valence-electron chi connectivity index (χ2n) is 5.43. The normalized spacial score (nSPS) is 11.7. The third-order valence-electron chi connectivity index (χ3n) is 3.61. The number of aromatic nitrogens is 1. The Labute approximate surface area is 139 Å². The Bertz CT molecular complexity index is 771. The molecule has 1 heterocycles. The molecule has 0 spiro atoms. The lowest BCUT2D eigenvalue weighted by Crippen LogP contribution is -2.34. The van der Waals surface area contributed by atoms with Crippen molar-refractivity contribution in [3.8, 4) is 0 Å². The number of hydrogen-bond acceptors (Lipinski definition) is 4. The van der Waals surface area contributed by atoms with Gasteiger partial charge >= 0.3 is 0 Å². The molecule has 0 aliphatic rings. The predicted octanol–water partition coefficient (Wildman–Crippen LogP) is 2.41. The SMILES string of the molecule is CCC[C@@H](NC(=O)Cn1cc([N+](=O)[O-])ccc1=O)c1ccccc1. The Balaban J connectivity index is 2.13. The van der Waals surface area contributed by atoms with Gasteiger partial charge in [-0.05, 0) is 12.0 Å². The van der Waals surface area contributed by atoms with Crippen LogP contribution in [-0.2, 0) is 11.3 Å². The second kappa shape index (κ2) is 8.05. The lowest BCUT2D eigenvalue weighted by Gasteiger charge is -2.19. The number of pyridine rings is 1. The minimum Gasteiger partial charge on any atom is -0.348 e. The van der Waals surface area contributed by atoms with Crippen LogP contribution >= 0.6 is 0 Å². The Morgan fingerprint density at radius 2 is 1.96 bits per heavy atom. The van der Waals surface area contributed by atoms with Gasteiger partial charge in [0.15, 0.2) is 0 Å². The van der Waals surface area contributed by atoms with Gasteiger partial charge in [-0.25, -0.2) is 0 Å². The van der Waals surface area contributed by atoms with Gasteiger partial charge < -0.3 is 5.32 Å². The molecular formula is C17H19N3O4. The van der Waals surface area contributed by atoms with E-state index in [0.29, 0.717) is 0 Å². The van der Waals surface area contributed by atoms with Crippen LogP contribution in [0.4, 0.5) is 5.69 Å². The van der Waals surface area contributed by atoms with Gasteiger partial charge in [-0.1, -0.05) is 43.7 Å². The fourth-order valence-electron chi connectivity index (χ4n) is 2.44. The molecule has 0 saturated heterocycles. The molecule has 0 bridgehead atoms. The minimum absolute atomic E-state index is 0.155. The molecule has 1 aromatic carbocycles. The van der Waals surface area contributed by atoms with Gasteiger partial charge in [-0.3, -0.25) is 24.3 Å². The smallest absolute Gasteiger partial charge is 0.285 e. The molecule has 0 aliphatic carbocycles. The molecule has 7 nitrogen and oxygen atoms in total. The van der Waals surface area contributed by atoms with E-state index in [9.17, 15) is 19.7 Å². The third-order valence-corrected chi connectivity index (χ3v) is 3.61. The standard InChI is InChI=1S/C17H19N3O4/c1-2-6-15(13-7-4-3-5-8-13)18-16(21)12-19-11-14(20(23)24)9-10-17(19)22/h3-5,7-11,15H,2,6,12H2,1H3,(H,18,21)/t15-/m1/s1. The number of carbonyl (C=O) groups excluding carboxylic acids is 1. The first-order valence-electron chi connectivity index (χ1n) is 7.70. The van der Waals surface area contributed by atoms with E-state index in [0.717, 1.165) is 41.3 Å². The summed E-state index contributed by atoms with van der Waals surface area (Å²) in [6.07, 6.45) is 2.73. The number of nitro groups is 1. The fourth-order valence-corrected chi connectivity index (χ4v) is 2.44. The molecule has 2 rings (SSSR count). The van der Waals surface area contributed by atoms with Crippen molar-refractivity contribution < 1.29 is 9.72 Å². The zero-order valence-electron chi connectivity index (χ0n) is 13.3. The van der Waals surface area contributed by atoms with E-state index in [1.807, 2.05) is 37.3 Å². The Morgan fingerprint density at radius 3 is 2.58 bits per heavy atom. The summed E-state index contributed by atoms with van der Waals surface area (Å²) < 4.78 is 1.04. The number of benzene rings is 1. The van der Waals surface area contributed by atoms with Gasteiger partial charge in [0.2, 0.25) is 5.91 Å². The summed E-state index contributed by atoms with van der Waals surface area (Å²) >= 11 is 0. The monoisotopic (exact) mass is 329 g/mol. The predicted molar refractivity (Wildman–Crippen MR) is 89.6 cm³/mol. The van der Waals surface area contributed by atoms with Crippen molar-refractivity contribution in [2.75, 3.05) is 0 Å². The molecule has 2 aromatic rings. The van der Waals surface area contributed by atoms with Gasteiger partial charge in [0.05, 0.1) is 17.2 Å². The molecule has 126 valence electrons. The number of amides is 1. The molecule has 1 N–H and O–H groups in total. The van der Waals surface area contributed by atoms with Crippen molar-refractivity contribution >= 4 is 11.6 Å². The summed E-state index contributed by atoms with van der Waals surface area (Å²) in [6, 6.07) is 11.6. The highest BCUT2D eigenvalue weighted by atomic mass is 16.6. The maximum Gasteiger partial charge on any atom is 0.285 e. The van der Waals surface area contributed by atoms with Crippen LogP contribution in [0.5, 0.6) is 0 Å². The van der Waals surface area contributed by atoms with Crippen LogP contribution in [0.2, 0.25) is 0 Å². The van der Waals surface area contributed by atoms with Crippen LogP contribution in [0.1, 0.15) is 31.4 Å². The van der Waals surface area contributed by atoms with Gasteiger partial charge in [0.25, 0.3) is 11.2 Å². The van der Waals surface area contributed by atoms with Crippen LogP contribution in [-0.4, -0.2) is 15.4 Å². The number of nitrogens with one attached hydrogen (secondary N) is 1. The van der Waals surface area contributed by atoms with Crippen molar-refractivity contribution in [2.45, 2.75) is 32.4 Å². The minimum atomic E-state index is -0.600.